The average Bonchev–Trinajstić information content (AvgIpc) is 3.05. The molecule has 4 aromatic rings. The van der Waals surface area contributed by atoms with Crippen LogP contribution in [0.2, 0.25) is 0 Å². The van der Waals surface area contributed by atoms with E-state index >= 15 is 0 Å². The molecule has 3 nitrogen and oxygen atoms in total. The van der Waals surface area contributed by atoms with Gasteiger partial charge in [-0.05, 0) is 84.7 Å². The molecule has 2 atom stereocenters. The van der Waals surface area contributed by atoms with Crippen molar-refractivity contribution < 1.29 is 14.2 Å². The van der Waals surface area contributed by atoms with Gasteiger partial charge in [0.2, 0.25) is 0 Å². The van der Waals surface area contributed by atoms with Crippen molar-refractivity contribution in [3.8, 4) is 22.3 Å². The molecule has 0 saturated carbocycles. The third kappa shape index (κ3) is 9.87. The predicted molar refractivity (Wildman–Crippen MR) is 189 cm³/mol. The number of hydrogen-bond acceptors (Lipinski definition) is 3. The minimum absolute atomic E-state index is 0.236. The molecule has 0 heterocycles. The summed E-state index contributed by atoms with van der Waals surface area (Å²) in [5.41, 5.74) is 6.92. The van der Waals surface area contributed by atoms with Crippen molar-refractivity contribution in [3.05, 3.63) is 120 Å². The number of benzene rings is 4. The van der Waals surface area contributed by atoms with Gasteiger partial charge in [-0.2, -0.15) is 0 Å². The maximum absolute atomic E-state index is 7.12. The Bertz CT molecular complexity index is 1310. The smallest absolute Gasteiger partial charge is 0.0722 e. The van der Waals surface area contributed by atoms with Crippen LogP contribution in [-0.2, 0) is 27.4 Å². The van der Waals surface area contributed by atoms with Gasteiger partial charge in [-0.3, -0.25) is 0 Å². The molecule has 2 unspecified atom stereocenters. The lowest BCUT2D eigenvalue weighted by Crippen LogP contribution is -2.47. The van der Waals surface area contributed by atoms with Crippen molar-refractivity contribution in [3.63, 3.8) is 0 Å². The summed E-state index contributed by atoms with van der Waals surface area (Å²) in [5.74, 6) is 0.778. The van der Waals surface area contributed by atoms with E-state index in [0.717, 1.165) is 25.7 Å². The van der Waals surface area contributed by atoms with Crippen LogP contribution in [0, 0.1) is 11.8 Å². The van der Waals surface area contributed by atoms with Crippen molar-refractivity contribution in [2.45, 2.75) is 91.6 Å². The molecule has 0 fully saturated rings. The first-order valence-corrected chi connectivity index (χ1v) is 16.8. The van der Waals surface area contributed by atoms with Crippen molar-refractivity contribution >= 4 is 0 Å². The molecule has 3 heteroatoms. The van der Waals surface area contributed by atoms with Crippen LogP contribution >= 0.6 is 0 Å². The zero-order valence-corrected chi connectivity index (χ0v) is 28.4. The topological polar surface area (TPSA) is 27.7 Å². The third-order valence-corrected chi connectivity index (χ3v) is 9.55. The van der Waals surface area contributed by atoms with Crippen LogP contribution in [0.1, 0.15) is 78.4 Å². The first-order chi connectivity index (χ1) is 21.7. The molecule has 0 aliphatic rings. The standard InChI is InChI=1S/C42H54O3/c1-33(2)41(5,27-17-29-43-31-37-23-13-15-25-39(37)35-19-9-7-10-20-35)45-42(6,34(3)4)28-18-30-44-32-38-24-14-16-26-40(38)36-21-11-8-12-22-36/h7-16,19-26,33-34H,17-18,27-32H2,1-6H3. The van der Waals surface area contributed by atoms with Gasteiger partial charge in [0.05, 0.1) is 24.4 Å². The lowest BCUT2D eigenvalue weighted by Gasteiger charge is -2.45. The Morgan fingerprint density at radius 1 is 0.489 bits per heavy atom. The number of rotatable bonds is 18. The molecule has 0 aliphatic heterocycles. The van der Waals surface area contributed by atoms with Gasteiger partial charge >= 0.3 is 0 Å². The maximum atomic E-state index is 7.12. The summed E-state index contributed by atoms with van der Waals surface area (Å²) < 4.78 is 19.6. The molecular formula is C42H54O3. The summed E-state index contributed by atoms with van der Waals surface area (Å²) in [6, 6.07) is 38.2. The van der Waals surface area contributed by atoms with Gasteiger partial charge < -0.3 is 14.2 Å². The van der Waals surface area contributed by atoms with Gasteiger partial charge in [0.15, 0.2) is 0 Å². The highest BCUT2D eigenvalue weighted by atomic mass is 16.5. The summed E-state index contributed by atoms with van der Waals surface area (Å²) in [4.78, 5) is 0. The van der Waals surface area contributed by atoms with Crippen LogP contribution in [0.4, 0.5) is 0 Å². The molecular weight excluding hydrogens is 552 g/mol. The van der Waals surface area contributed by atoms with E-state index in [4.69, 9.17) is 14.2 Å². The van der Waals surface area contributed by atoms with Crippen molar-refractivity contribution in [2.24, 2.45) is 11.8 Å². The molecule has 0 N–H and O–H groups in total. The summed E-state index contributed by atoms with van der Waals surface area (Å²) in [6.45, 7) is 16.4. The number of ether oxygens (including phenoxy) is 3. The van der Waals surface area contributed by atoms with Crippen LogP contribution in [0.25, 0.3) is 22.3 Å². The largest absolute Gasteiger partial charge is 0.377 e. The average molecular weight is 607 g/mol. The molecule has 4 rings (SSSR count). The Hall–Kier alpha value is -3.24. The second-order valence-corrected chi connectivity index (χ2v) is 13.4. The summed E-state index contributed by atoms with van der Waals surface area (Å²) in [5, 5.41) is 0. The van der Waals surface area contributed by atoms with Gasteiger partial charge in [-0.25, -0.2) is 0 Å². The monoisotopic (exact) mass is 606 g/mol. The van der Waals surface area contributed by atoms with Gasteiger partial charge in [-0.1, -0.05) is 137 Å². The molecule has 240 valence electrons. The Balaban J connectivity index is 1.26. The normalized spacial score (nSPS) is 14.4. The second-order valence-electron chi connectivity index (χ2n) is 13.4. The highest BCUT2D eigenvalue weighted by molar-refractivity contribution is 5.67. The van der Waals surface area contributed by atoms with Crippen LogP contribution in [0.3, 0.4) is 0 Å². The lowest BCUT2D eigenvalue weighted by atomic mass is 9.82. The van der Waals surface area contributed by atoms with E-state index in [1.165, 1.54) is 33.4 Å². The summed E-state index contributed by atoms with van der Waals surface area (Å²) in [6.07, 6.45) is 3.83. The Labute approximate surface area is 273 Å². The fraction of sp³-hybridized carbons (Fsp3) is 0.429. The second kappa shape index (κ2) is 16.9. The summed E-state index contributed by atoms with van der Waals surface area (Å²) in [7, 11) is 0. The lowest BCUT2D eigenvalue weighted by molar-refractivity contribution is -0.189. The molecule has 0 radical (unpaired) electrons. The molecule has 0 saturated heterocycles. The molecule has 0 aliphatic carbocycles. The first-order valence-electron chi connectivity index (χ1n) is 16.8. The van der Waals surface area contributed by atoms with E-state index in [9.17, 15) is 0 Å². The zero-order valence-electron chi connectivity index (χ0n) is 28.4. The third-order valence-electron chi connectivity index (χ3n) is 9.55. The van der Waals surface area contributed by atoms with Gasteiger partial charge in [0, 0.05) is 13.2 Å². The quantitative estimate of drug-likeness (QED) is 0.105. The van der Waals surface area contributed by atoms with Crippen LogP contribution in [0.5, 0.6) is 0 Å². The minimum atomic E-state index is -0.236. The fourth-order valence-electron chi connectivity index (χ4n) is 5.95. The van der Waals surface area contributed by atoms with Crippen LogP contribution in [0.15, 0.2) is 109 Å². The highest BCUT2D eigenvalue weighted by Crippen LogP contribution is 2.38. The Morgan fingerprint density at radius 3 is 1.22 bits per heavy atom. The van der Waals surface area contributed by atoms with Crippen LogP contribution in [-0.4, -0.2) is 24.4 Å². The fourth-order valence-corrected chi connectivity index (χ4v) is 5.95. The molecule has 0 amide bonds. The maximum Gasteiger partial charge on any atom is 0.0722 e. The molecule has 4 aromatic carbocycles. The summed E-state index contributed by atoms with van der Waals surface area (Å²) >= 11 is 0. The number of hydrogen-bond donors (Lipinski definition) is 0. The Kier molecular flexibility index (Phi) is 13.0. The minimum Gasteiger partial charge on any atom is -0.377 e. The van der Waals surface area contributed by atoms with Crippen molar-refractivity contribution in [1.29, 1.82) is 0 Å². The molecule has 0 bridgehead atoms. The first kappa shape index (κ1) is 34.6. The van der Waals surface area contributed by atoms with E-state index in [1.54, 1.807) is 0 Å². The molecule has 0 aromatic heterocycles. The van der Waals surface area contributed by atoms with E-state index in [1.807, 2.05) is 0 Å². The van der Waals surface area contributed by atoms with Gasteiger partial charge in [-0.15, -0.1) is 0 Å². The molecule has 45 heavy (non-hydrogen) atoms. The van der Waals surface area contributed by atoms with Crippen molar-refractivity contribution in [1.82, 2.24) is 0 Å². The van der Waals surface area contributed by atoms with Gasteiger partial charge in [0.1, 0.15) is 0 Å². The van der Waals surface area contributed by atoms with Crippen molar-refractivity contribution in [2.75, 3.05) is 13.2 Å². The van der Waals surface area contributed by atoms with E-state index in [-0.39, 0.29) is 11.2 Å². The zero-order chi connectivity index (χ0) is 32.1. The Morgan fingerprint density at radius 2 is 0.844 bits per heavy atom. The highest BCUT2D eigenvalue weighted by Gasteiger charge is 2.39. The van der Waals surface area contributed by atoms with E-state index in [2.05, 4.69) is 151 Å². The van der Waals surface area contributed by atoms with Gasteiger partial charge in [0.25, 0.3) is 0 Å². The molecule has 0 spiro atoms. The predicted octanol–water partition coefficient (Wildman–Crippen LogP) is 11.2. The van der Waals surface area contributed by atoms with E-state index in [0.29, 0.717) is 38.3 Å². The van der Waals surface area contributed by atoms with E-state index < -0.39 is 0 Å². The SMILES string of the molecule is CC(C)C(C)(CCCOCc1ccccc1-c1ccccc1)OC(C)(CCCOCc1ccccc1-c1ccccc1)C(C)C. The van der Waals surface area contributed by atoms with Crippen LogP contribution < -0.4 is 0 Å².